The van der Waals surface area contributed by atoms with Crippen molar-refractivity contribution in [3.63, 3.8) is 0 Å². The van der Waals surface area contributed by atoms with Gasteiger partial charge in [-0.25, -0.2) is 9.13 Å². The highest BCUT2D eigenvalue weighted by Crippen LogP contribution is 2.45. The van der Waals surface area contributed by atoms with E-state index in [0.29, 0.717) is 25.7 Å². The summed E-state index contributed by atoms with van der Waals surface area (Å²) in [5.41, 5.74) is 0. The van der Waals surface area contributed by atoms with Gasteiger partial charge in [0.2, 0.25) is 0 Å². The Bertz CT molecular complexity index is 1980. The lowest BCUT2D eigenvalue weighted by Crippen LogP contribution is -2.30. The summed E-state index contributed by atoms with van der Waals surface area (Å²) in [5.74, 6) is -0.517. The van der Waals surface area contributed by atoms with E-state index in [9.17, 15) is 43.2 Å². The molecule has 0 saturated carbocycles. The summed E-state index contributed by atoms with van der Waals surface area (Å²) in [6, 6.07) is 0. The Hall–Kier alpha value is -1.94. The molecule has 19 heteroatoms. The van der Waals surface area contributed by atoms with Gasteiger partial charge in [0, 0.05) is 25.7 Å². The van der Waals surface area contributed by atoms with Gasteiger partial charge in [-0.15, -0.1) is 0 Å². The fourth-order valence-electron chi connectivity index (χ4n) is 13.1. The summed E-state index contributed by atoms with van der Waals surface area (Å²) in [6.07, 6.45) is 66.5. The molecule has 0 aromatic carbocycles. The summed E-state index contributed by atoms with van der Waals surface area (Å²) < 4.78 is 68.8. The van der Waals surface area contributed by atoms with Crippen LogP contribution in [0.2, 0.25) is 0 Å². The molecule has 5 atom stereocenters. The van der Waals surface area contributed by atoms with Crippen LogP contribution in [-0.4, -0.2) is 96.7 Å². The molecule has 0 aliphatic rings. The van der Waals surface area contributed by atoms with Crippen LogP contribution in [0.1, 0.15) is 446 Å². The van der Waals surface area contributed by atoms with Crippen molar-refractivity contribution in [1.82, 2.24) is 0 Å². The first-order valence-electron chi connectivity index (χ1n) is 43.5. The number of phosphoric ester groups is 2. The SMILES string of the molecule is CCCCCCCCCCCCCCCCCCCCCC(=O)O[C@H](COC(=O)CCCCCCCCCCCCCCCCC(C)C)COP(=O)(O)OC[C@@H](O)COP(=O)(O)OC[C@@H](COC(=O)CCCCCCCCCCCCC)OC(=O)CCCCCCCCCCCCCCCC(C)C. The molecule has 0 rings (SSSR count). The lowest BCUT2D eigenvalue weighted by Gasteiger charge is -2.21. The number of carbonyl (C=O) groups excluding carboxylic acids is 4. The molecule has 0 saturated heterocycles. The maximum absolute atomic E-state index is 13.1. The molecule has 0 bridgehead atoms. The van der Waals surface area contributed by atoms with E-state index in [4.69, 9.17) is 37.0 Å². The molecule has 3 N–H and O–H groups in total. The number of carbonyl (C=O) groups is 4. The van der Waals surface area contributed by atoms with Crippen LogP contribution in [0.5, 0.6) is 0 Å². The van der Waals surface area contributed by atoms with Crippen LogP contribution in [0.15, 0.2) is 0 Å². The van der Waals surface area contributed by atoms with Crippen molar-refractivity contribution in [2.45, 2.75) is 464 Å². The van der Waals surface area contributed by atoms with Crippen LogP contribution in [0, 0.1) is 11.8 Å². The minimum absolute atomic E-state index is 0.108. The van der Waals surface area contributed by atoms with Gasteiger partial charge in [0.05, 0.1) is 26.4 Å². The van der Waals surface area contributed by atoms with Gasteiger partial charge in [-0.2, -0.15) is 0 Å². The van der Waals surface area contributed by atoms with Gasteiger partial charge in [0.1, 0.15) is 19.3 Å². The van der Waals surface area contributed by atoms with E-state index in [1.807, 2.05) is 0 Å². The molecule has 0 aliphatic heterocycles. The molecule has 2 unspecified atom stereocenters. The van der Waals surface area contributed by atoms with Gasteiger partial charge in [-0.3, -0.25) is 37.3 Å². The number of aliphatic hydroxyl groups is 1. The van der Waals surface area contributed by atoms with Crippen molar-refractivity contribution in [3.05, 3.63) is 0 Å². The topological polar surface area (TPSA) is 237 Å². The molecule has 0 aromatic rings. The van der Waals surface area contributed by atoms with Crippen LogP contribution < -0.4 is 0 Å². The number of hydrogen-bond donors (Lipinski definition) is 3. The summed E-state index contributed by atoms with van der Waals surface area (Å²) in [5, 5.41) is 10.7. The summed E-state index contributed by atoms with van der Waals surface area (Å²) in [4.78, 5) is 73.2. The van der Waals surface area contributed by atoms with E-state index in [2.05, 4.69) is 41.5 Å². The molecule has 0 aliphatic carbocycles. The largest absolute Gasteiger partial charge is 0.472 e. The molecule has 103 heavy (non-hydrogen) atoms. The van der Waals surface area contributed by atoms with E-state index in [1.165, 1.54) is 263 Å². The van der Waals surface area contributed by atoms with Gasteiger partial charge < -0.3 is 33.8 Å². The summed E-state index contributed by atoms with van der Waals surface area (Å²) in [6.45, 7) is 9.70. The third-order valence-electron chi connectivity index (χ3n) is 19.7. The zero-order valence-electron chi connectivity index (χ0n) is 67.6. The van der Waals surface area contributed by atoms with E-state index in [0.717, 1.165) is 102 Å². The first-order valence-corrected chi connectivity index (χ1v) is 46.5. The molecule has 0 aromatic heterocycles. The highest BCUT2D eigenvalue weighted by molar-refractivity contribution is 7.47. The van der Waals surface area contributed by atoms with Crippen molar-refractivity contribution in [2.24, 2.45) is 11.8 Å². The van der Waals surface area contributed by atoms with Crippen LogP contribution in [0.25, 0.3) is 0 Å². The highest BCUT2D eigenvalue weighted by Gasteiger charge is 2.30. The summed E-state index contributed by atoms with van der Waals surface area (Å²) in [7, 11) is -9.92. The van der Waals surface area contributed by atoms with Crippen LogP contribution >= 0.6 is 15.6 Å². The normalized spacial score (nSPS) is 13.9. The fraction of sp³-hybridized carbons (Fsp3) is 0.952. The van der Waals surface area contributed by atoms with Crippen molar-refractivity contribution in [3.8, 4) is 0 Å². The predicted octanol–water partition coefficient (Wildman–Crippen LogP) is 25.5. The Balaban J connectivity index is 5.25. The number of phosphoric acid groups is 2. The molecule has 17 nitrogen and oxygen atoms in total. The van der Waals surface area contributed by atoms with Crippen molar-refractivity contribution >= 4 is 39.5 Å². The van der Waals surface area contributed by atoms with Gasteiger partial charge in [0.25, 0.3) is 0 Å². The Kier molecular flexibility index (Phi) is 74.1. The van der Waals surface area contributed by atoms with E-state index >= 15 is 0 Å². The third kappa shape index (κ3) is 78.0. The minimum Gasteiger partial charge on any atom is -0.462 e. The Morgan fingerprint density at radius 3 is 0.660 bits per heavy atom. The summed E-state index contributed by atoms with van der Waals surface area (Å²) >= 11 is 0. The second-order valence-corrected chi connectivity index (χ2v) is 34.1. The Labute approximate surface area is 632 Å². The highest BCUT2D eigenvalue weighted by atomic mass is 31.2. The van der Waals surface area contributed by atoms with Crippen LogP contribution in [0.3, 0.4) is 0 Å². The average molecular weight is 1510 g/mol. The lowest BCUT2D eigenvalue weighted by atomic mass is 10.0. The number of aliphatic hydroxyl groups excluding tert-OH is 1. The maximum Gasteiger partial charge on any atom is 0.472 e. The minimum atomic E-state index is -4.96. The van der Waals surface area contributed by atoms with Crippen LogP contribution in [0.4, 0.5) is 0 Å². The second kappa shape index (κ2) is 75.5. The molecule has 0 fully saturated rings. The van der Waals surface area contributed by atoms with E-state index < -0.39 is 97.5 Å². The standard InChI is InChI=1S/C84H164O17P2/c1-7-9-11-13-15-17-19-20-21-22-23-24-25-32-38-44-50-56-62-68-83(88)101-80(73-95-82(87)67-61-55-49-43-37-31-27-26-29-35-40-46-52-58-64-76(3)4)75-99-103(92,93)97-71-78(85)70-96-102(90,91)98-74-79(72-94-81(86)66-60-54-48-42-34-18-16-14-12-10-8-2)100-84(89)69-63-57-51-45-39-33-28-30-36-41-47-53-59-65-77(5)6/h76-80,85H,7-75H2,1-6H3,(H,90,91)(H,92,93)/t78-,79+,80+/m0/s1. The van der Waals surface area contributed by atoms with Gasteiger partial charge in [-0.1, -0.05) is 395 Å². The molecule has 0 radical (unpaired) electrons. The van der Waals surface area contributed by atoms with Crippen molar-refractivity contribution < 1.29 is 80.2 Å². The smallest absolute Gasteiger partial charge is 0.462 e. The monoisotopic (exact) mass is 1510 g/mol. The zero-order chi connectivity index (χ0) is 75.6. The van der Waals surface area contributed by atoms with Crippen LogP contribution in [-0.2, 0) is 65.4 Å². The number of hydrogen-bond acceptors (Lipinski definition) is 15. The first kappa shape index (κ1) is 101. The van der Waals surface area contributed by atoms with Gasteiger partial charge in [0.15, 0.2) is 12.2 Å². The molecule has 0 amide bonds. The fourth-order valence-corrected chi connectivity index (χ4v) is 14.6. The van der Waals surface area contributed by atoms with Gasteiger partial charge >= 0.3 is 39.5 Å². The second-order valence-electron chi connectivity index (χ2n) is 31.2. The average Bonchev–Trinajstić information content (AvgIpc) is 0.916. The molecule has 0 heterocycles. The zero-order valence-corrected chi connectivity index (χ0v) is 69.4. The number of rotatable bonds is 83. The maximum atomic E-state index is 13.1. The molecular formula is C84H164O17P2. The quantitative estimate of drug-likeness (QED) is 0.0222. The predicted molar refractivity (Wildman–Crippen MR) is 423 cm³/mol. The molecule has 0 spiro atoms. The number of esters is 4. The first-order chi connectivity index (χ1) is 49.9. The number of ether oxygens (including phenoxy) is 4. The number of unbranched alkanes of at least 4 members (excludes halogenated alkanes) is 53. The Morgan fingerprint density at radius 2 is 0.447 bits per heavy atom. The molecule has 612 valence electrons. The third-order valence-corrected chi connectivity index (χ3v) is 21.6. The molecular weight excluding hydrogens is 1340 g/mol. The lowest BCUT2D eigenvalue weighted by molar-refractivity contribution is -0.161. The van der Waals surface area contributed by atoms with E-state index in [1.54, 1.807) is 0 Å². The van der Waals surface area contributed by atoms with Crippen molar-refractivity contribution in [2.75, 3.05) is 39.6 Å². The van der Waals surface area contributed by atoms with E-state index in [-0.39, 0.29) is 25.7 Å². The van der Waals surface area contributed by atoms with Gasteiger partial charge in [-0.05, 0) is 37.5 Å². The van der Waals surface area contributed by atoms with Crippen molar-refractivity contribution in [1.29, 1.82) is 0 Å². The Morgan fingerprint density at radius 1 is 0.262 bits per heavy atom.